The van der Waals surface area contributed by atoms with Gasteiger partial charge in [-0.25, -0.2) is 17.9 Å². The Bertz CT molecular complexity index is 973. The standard InChI is InChI=1S/C15H18ClN5O3S/c1-9-5-17-14-12(16)13(18-21(14)6-9)15(22)20-4-3-19(2)10-7-25(23,24)8-11(10)20/h5-6,10-11H,3-4,7-8H2,1-2H3/t10-,11+/m0/s1. The number of amides is 1. The van der Waals surface area contributed by atoms with Crippen molar-refractivity contribution in [1.29, 1.82) is 0 Å². The predicted molar refractivity (Wildman–Crippen MR) is 92.6 cm³/mol. The van der Waals surface area contributed by atoms with Gasteiger partial charge in [-0.05, 0) is 19.5 Å². The maximum Gasteiger partial charge on any atom is 0.276 e. The van der Waals surface area contributed by atoms with Gasteiger partial charge in [0.1, 0.15) is 5.02 Å². The summed E-state index contributed by atoms with van der Waals surface area (Å²) < 4.78 is 25.6. The first-order valence-electron chi connectivity index (χ1n) is 7.99. The van der Waals surface area contributed by atoms with Crippen molar-refractivity contribution < 1.29 is 13.2 Å². The minimum atomic E-state index is -3.16. The lowest BCUT2D eigenvalue weighted by molar-refractivity contribution is 0.0404. The maximum atomic E-state index is 13.1. The maximum absolute atomic E-state index is 13.1. The smallest absolute Gasteiger partial charge is 0.276 e. The van der Waals surface area contributed by atoms with Crippen LogP contribution in [0.4, 0.5) is 0 Å². The first-order valence-corrected chi connectivity index (χ1v) is 10.2. The van der Waals surface area contributed by atoms with Gasteiger partial charge in [0.2, 0.25) is 0 Å². The predicted octanol–water partition coefficient (Wildman–Crippen LogP) is 0.244. The summed E-state index contributed by atoms with van der Waals surface area (Å²) in [6.45, 7) is 2.94. The number of carbonyl (C=O) groups is 1. The number of rotatable bonds is 1. The highest BCUT2D eigenvalue weighted by Crippen LogP contribution is 2.29. The SMILES string of the molecule is Cc1cnc2c(Cl)c(C(=O)N3CCN(C)[C@H]4CS(=O)(=O)C[C@H]43)nn2c1. The van der Waals surface area contributed by atoms with Crippen LogP contribution in [-0.4, -0.2) is 82.4 Å². The third kappa shape index (κ3) is 2.70. The van der Waals surface area contributed by atoms with E-state index in [1.807, 2.05) is 18.9 Å². The molecule has 0 spiro atoms. The molecule has 134 valence electrons. The van der Waals surface area contributed by atoms with Gasteiger partial charge in [-0.3, -0.25) is 9.69 Å². The van der Waals surface area contributed by atoms with Crippen LogP contribution in [0.1, 0.15) is 16.1 Å². The monoisotopic (exact) mass is 383 g/mol. The lowest BCUT2D eigenvalue weighted by Gasteiger charge is -2.41. The lowest BCUT2D eigenvalue weighted by atomic mass is 10.1. The van der Waals surface area contributed by atoms with Crippen LogP contribution in [0.25, 0.3) is 5.65 Å². The first-order chi connectivity index (χ1) is 11.8. The third-order valence-electron chi connectivity index (χ3n) is 4.96. The summed E-state index contributed by atoms with van der Waals surface area (Å²) in [5, 5.41) is 4.48. The van der Waals surface area contributed by atoms with Gasteiger partial charge in [0, 0.05) is 31.5 Å². The largest absolute Gasteiger partial charge is 0.330 e. The topological polar surface area (TPSA) is 87.9 Å². The number of hydrogen-bond acceptors (Lipinski definition) is 6. The minimum Gasteiger partial charge on any atom is -0.330 e. The van der Waals surface area contributed by atoms with Crippen molar-refractivity contribution in [3.8, 4) is 0 Å². The third-order valence-corrected chi connectivity index (χ3v) is 7.01. The number of aryl methyl sites for hydroxylation is 1. The number of fused-ring (bicyclic) bond motifs is 2. The second kappa shape index (κ2) is 5.65. The Morgan fingerprint density at radius 2 is 2.00 bits per heavy atom. The summed E-state index contributed by atoms with van der Waals surface area (Å²) in [6, 6.07) is -0.550. The van der Waals surface area contributed by atoms with Crippen molar-refractivity contribution in [2.24, 2.45) is 0 Å². The highest BCUT2D eigenvalue weighted by Gasteiger charge is 2.47. The molecule has 0 saturated carbocycles. The number of sulfone groups is 1. The summed E-state index contributed by atoms with van der Waals surface area (Å²) in [6.07, 6.45) is 3.41. The molecule has 2 fully saturated rings. The quantitative estimate of drug-likeness (QED) is 0.701. The number of likely N-dealkylation sites (N-methyl/N-ethyl adjacent to an activating group) is 1. The van der Waals surface area contributed by atoms with E-state index in [-0.39, 0.29) is 40.2 Å². The van der Waals surface area contributed by atoms with Crippen molar-refractivity contribution in [3.63, 3.8) is 0 Å². The fraction of sp³-hybridized carbons (Fsp3) is 0.533. The van der Waals surface area contributed by atoms with Crippen LogP contribution < -0.4 is 0 Å². The second-order valence-corrected chi connectivity index (χ2v) is 9.28. The van der Waals surface area contributed by atoms with E-state index >= 15 is 0 Å². The molecular weight excluding hydrogens is 366 g/mol. The second-order valence-electron chi connectivity index (χ2n) is 6.75. The molecule has 2 aromatic rings. The molecule has 25 heavy (non-hydrogen) atoms. The number of carbonyl (C=O) groups excluding carboxylic acids is 1. The molecule has 2 aliphatic rings. The van der Waals surface area contributed by atoms with Crippen molar-refractivity contribution in [1.82, 2.24) is 24.4 Å². The molecule has 0 aliphatic carbocycles. The Kier molecular flexibility index (Phi) is 3.78. The van der Waals surface area contributed by atoms with Crippen LogP contribution in [0.2, 0.25) is 5.02 Å². The molecule has 0 radical (unpaired) electrons. The normalized spacial score (nSPS) is 26.1. The highest BCUT2D eigenvalue weighted by atomic mass is 35.5. The van der Waals surface area contributed by atoms with E-state index < -0.39 is 9.84 Å². The fourth-order valence-corrected chi connectivity index (χ4v) is 5.96. The lowest BCUT2D eigenvalue weighted by Crippen LogP contribution is -2.59. The van der Waals surface area contributed by atoms with Gasteiger partial charge in [0.25, 0.3) is 5.91 Å². The van der Waals surface area contributed by atoms with E-state index in [1.54, 1.807) is 17.3 Å². The summed E-state index contributed by atoms with van der Waals surface area (Å²) in [5.41, 5.74) is 1.43. The molecule has 1 amide bonds. The van der Waals surface area contributed by atoms with Gasteiger partial charge < -0.3 is 4.90 Å². The fourth-order valence-electron chi connectivity index (χ4n) is 3.65. The van der Waals surface area contributed by atoms with Crippen LogP contribution in [0.5, 0.6) is 0 Å². The summed E-state index contributed by atoms with van der Waals surface area (Å²) >= 11 is 6.33. The molecule has 4 heterocycles. The van der Waals surface area contributed by atoms with E-state index in [4.69, 9.17) is 11.6 Å². The molecule has 2 aliphatic heterocycles. The van der Waals surface area contributed by atoms with E-state index in [1.165, 1.54) is 4.52 Å². The van der Waals surface area contributed by atoms with Gasteiger partial charge in [0.05, 0.1) is 17.5 Å². The molecule has 4 rings (SSSR count). The highest BCUT2D eigenvalue weighted by molar-refractivity contribution is 7.91. The van der Waals surface area contributed by atoms with Gasteiger partial charge in [0.15, 0.2) is 21.2 Å². The average Bonchev–Trinajstić information content (AvgIpc) is 3.04. The van der Waals surface area contributed by atoms with Crippen molar-refractivity contribution in [2.75, 3.05) is 31.6 Å². The molecule has 2 aromatic heterocycles. The number of hydrogen-bond donors (Lipinski definition) is 0. The first kappa shape index (κ1) is 16.7. The zero-order valence-electron chi connectivity index (χ0n) is 13.9. The number of nitrogens with zero attached hydrogens (tertiary/aromatic N) is 5. The van der Waals surface area contributed by atoms with E-state index in [2.05, 4.69) is 10.1 Å². The molecule has 0 bridgehead atoms. The van der Waals surface area contributed by atoms with Crippen LogP contribution >= 0.6 is 11.6 Å². The molecule has 10 heteroatoms. The van der Waals surface area contributed by atoms with Crippen LogP contribution in [0, 0.1) is 6.92 Å². The Labute approximate surface area is 150 Å². The molecule has 0 N–H and O–H groups in total. The average molecular weight is 384 g/mol. The molecule has 0 unspecified atom stereocenters. The van der Waals surface area contributed by atoms with Gasteiger partial charge in [-0.15, -0.1) is 0 Å². The summed E-state index contributed by atoms with van der Waals surface area (Å²) in [5.74, 6) is -0.276. The molecular formula is C15H18ClN5O3S. The number of halogens is 1. The van der Waals surface area contributed by atoms with E-state index in [0.717, 1.165) is 5.56 Å². The van der Waals surface area contributed by atoms with Crippen LogP contribution in [0.3, 0.4) is 0 Å². The Morgan fingerprint density at radius 3 is 2.76 bits per heavy atom. The molecule has 0 aromatic carbocycles. The molecule has 2 atom stereocenters. The zero-order valence-corrected chi connectivity index (χ0v) is 15.5. The van der Waals surface area contributed by atoms with E-state index in [0.29, 0.717) is 18.7 Å². The van der Waals surface area contributed by atoms with Gasteiger partial charge >= 0.3 is 0 Å². The van der Waals surface area contributed by atoms with Crippen molar-refractivity contribution in [3.05, 3.63) is 28.7 Å². The van der Waals surface area contributed by atoms with Gasteiger partial charge in [-0.1, -0.05) is 11.6 Å². The Hall–Kier alpha value is -1.71. The summed E-state index contributed by atoms with van der Waals surface area (Å²) in [4.78, 5) is 20.9. The van der Waals surface area contributed by atoms with Crippen LogP contribution in [0.15, 0.2) is 12.4 Å². The zero-order chi connectivity index (χ0) is 17.9. The van der Waals surface area contributed by atoms with Crippen molar-refractivity contribution in [2.45, 2.75) is 19.0 Å². The van der Waals surface area contributed by atoms with Crippen molar-refractivity contribution >= 4 is 33.0 Å². The number of piperazine rings is 1. The summed E-state index contributed by atoms with van der Waals surface area (Å²) in [7, 11) is -1.26. The Balaban J connectivity index is 1.72. The van der Waals surface area contributed by atoms with E-state index in [9.17, 15) is 13.2 Å². The van der Waals surface area contributed by atoms with Crippen LogP contribution in [-0.2, 0) is 9.84 Å². The molecule has 2 saturated heterocycles. The minimum absolute atomic E-state index is 0.0178. The Morgan fingerprint density at radius 1 is 1.28 bits per heavy atom. The number of aromatic nitrogens is 3. The van der Waals surface area contributed by atoms with Gasteiger partial charge in [-0.2, -0.15) is 5.10 Å². The molecule has 8 nitrogen and oxygen atoms in total.